The molecule has 0 aromatic carbocycles. The molecule has 0 spiro atoms. The summed E-state index contributed by atoms with van der Waals surface area (Å²) in [6, 6.07) is 1.49. The fraction of sp³-hybridized carbons (Fsp3) is 0.333. The smallest absolute Gasteiger partial charge is 0.253 e. The number of primary sulfonamides is 1. The number of pyridine rings is 1. The van der Waals surface area contributed by atoms with Crippen molar-refractivity contribution in [2.75, 3.05) is 18.0 Å². The van der Waals surface area contributed by atoms with Gasteiger partial charge in [0.05, 0.1) is 23.2 Å². The lowest BCUT2D eigenvalue weighted by atomic mass is 10.2. The van der Waals surface area contributed by atoms with Crippen LogP contribution < -0.4 is 16.2 Å². The first-order chi connectivity index (χ1) is 7.90. The normalized spacial score (nSPS) is 11.1. The van der Waals surface area contributed by atoms with Gasteiger partial charge in [0.1, 0.15) is 0 Å². The highest BCUT2D eigenvalue weighted by Gasteiger charge is 2.09. The van der Waals surface area contributed by atoms with Crippen molar-refractivity contribution in [1.82, 2.24) is 10.3 Å². The molecule has 1 heterocycles. The Morgan fingerprint density at radius 1 is 1.47 bits per heavy atom. The molecule has 17 heavy (non-hydrogen) atoms. The van der Waals surface area contributed by atoms with Gasteiger partial charge in [-0.1, -0.05) is 0 Å². The number of carbonyl (C=O) groups is 1. The molecule has 0 atom stereocenters. The van der Waals surface area contributed by atoms with E-state index in [-0.39, 0.29) is 30.3 Å². The Balaban J connectivity index is 2.44. The number of hydrogen-bond acceptors (Lipinski definition) is 5. The van der Waals surface area contributed by atoms with Crippen LogP contribution in [0.2, 0.25) is 0 Å². The van der Waals surface area contributed by atoms with Crippen molar-refractivity contribution in [3.8, 4) is 0 Å². The minimum absolute atomic E-state index is 0.168. The zero-order valence-corrected chi connectivity index (χ0v) is 9.90. The number of carbonyl (C=O) groups excluding carboxylic acids is 1. The molecule has 0 fully saturated rings. The molecule has 8 heteroatoms. The summed E-state index contributed by atoms with van der Waals surface area (Å²) >= 11 is 0. The standard InChI is InChI=1S/C9H14N4O3S/c10-8-6-12-4-2-7(8)9(14)13-3-1-5-17(11,15)16/h2,4,6H,1,3,5,10H2,(H,13,14)(H2,11,15,16). The zero-order valence-electron chi connectivity index (χ0n) is 9.09. The number of hydrogen-bond donors (Lipinski definition) is 3. The maximum absolute atomic E-state index is 11.6. The Morgan fingerprint density at radius 3 is 2.76 bits per heavy atom. The van der Waals surface area contributed by atoms with Crippen molar-refractivity contribution in [1.29, 1.82) is 0 Å². The van der Waals surface area contributed by atoms with Crippen LogP contribution in [0.15, 0.2) is 18.5 Å². The van der Waals surface area contributed by atoms with Gasteiger partial charge in [0.15, 0.2) is 0 Å². The van der Waals surface area contributed by atoms with Crippen molar-refractivity contribution >= 4 is 21.6 Å². The third-order valence-electron chi connectivity index (χ3n) is 1.99. The van der Waals surface area contributed by atoms with Crippen molar-refractivity contribution in [2.24, 2.45) is 5.14 Å². The Morgan fingerprint density at radius 2 is 2.18 bits per heavy atom. The summed E-state index contributed by atoms with van der Waals surface area (Å²) in [6.45, 7) is 0.219. The van der Waals surface area contributed by atoms with Crippen LogP contribution in [0.25, 0.3) is 0 Å². The summed E-state index contributed by atoms with van der Waals surface area (Å²) in [5, 5.41) is 7.36. The molecule has 94 valence electrons. The number of anilines is 1. The quantitative estimate of drug-likeness (QED) is 0.588. The minimum atomic E-state index is -3.48. The van der Waals surface area contributed by atoms with Crippen LogP contribution >= 0.6 is 0 Å². The van der Waals surface area contributed by atoms with E-state index >= 15 is 0 Å². The molecule has 0 unspecified atom stereocenters. The van der Waals surface area contributed by atoms with Crippen LogP contribution in [-0.4, -0.2) is 31.6 Å². The first-order valence-electron chi connectivity index (χ1n) is 4.88. The number of amides is 1. The summed E-state index contributed by atoms with van der Waals surface area (Å²) in [6.07, 6.45) is 3.09. The van der Waals surface area contributed by atoms with Gasteiger partial charge in [-0.2, -0.15) is 0 Å². The third kappa shape index (κ3) is 4.79. The van der Waals surface area contributed by atoms with E-state index in [2.05, 4.69) is 10.3 Å². The molecule has 1 amide bonds. The highest BCUT2D eigenvalue weighted by atomic mass is 32.2. The Labute approximate surface area is 99.3 Å². The lowest BCUT2D eigenvalue weighted by Crippen LogP contribution is -2.27. The molecule has 0 aliphatic carbocycles. The lowest BCUT2D eigenvalue weighted by molar-refractivity contribution is 0.0954. The lowest BCUT2D eigenvalue weighted by Gasteiger charge is -2.06. The maximum atomic E-state index is 11.6. The van der Waals surface area contributed by atoms with Crippen molar-refractivity contribution in [3.05, 3.63) is 24.0 Å². The second kappa shape index (κ2) is 5.60. The van der Waals surface area contributed by atoms with E-state index in [0.29, 0.717) is 5.56 Å². The van der Waals surface area contributed by atoms with E-state index in [1.807, 2.05) is 0 Å². The van der Waals surface area contributed by atoms with E-state index in [1.165, 1.54) is 18.5 Å². The highest BCUT2D eigenvalue weighted by molar-refractivity contribution is 7.89. The van der Waals surface area contributed by atoms with Gasteiger partial charge in [0.2, 0.25) is 10.0 Å². The Kier molecular flexibility index (Phi) is 4.41. The Hall–Kier alpha value is -1.67. The van der Waals surface area contributed by atoms with E-state index < -0.39 is 10.0 Å². The number of nitrogens with two attached hydrogens (primary N) is 2. The second-order valence-corrected chi connectivity index (χ2v) is 5.17. The highest BCUT2D eigenvalue weighted by Crippen LogP contribution is 2.07. The third-order valence-corrected chi connectivity index (χ3v) is 2.85. The van der Waals surface area contributed by atoms with Crippen LogP contribution in [-0.2, 0) is 10.0 Å². The molecule has 1 aromatic rings. The molecule has 1 rings (SSSR count). The second-order valence-electron chi connectivity index (χ2n) is 3.44. The van der Waals surface area contributed by atoms with Crippen molar-refractivity contribution in [2.45, 2.75) is 6.42 Å². The summed E-state index contributed by atoms with van der Waals surface area (Å²) in [5.74, 6) is -0.529. The van der Waals surface area contributed by atoms with Gasteiger partial charge in [0, 0.05) is 12.7 Å². The summed E-state index contributed by atoms with van der Waals surface area (Å²) < 4.78 is 21.3. The summed E-state index contributed by atoms with van der Waals surface area (Å²) in [7, 11) is -3.48. The van der Waals surface area contributed by atoms with Crippen LogP contribution in [0.3, 0.4) is 0 Å². The van der Waals surface area contributed by atoms with E-state index in [1.54, 1.807) is 0 Å². The van der Waals surface area contributed by atoms with Crippen molar-refractivity contribution in [3.63, 3.8) is 0 Å². The van der Waals surface area contributed by atoms with E-state index in [9.17, 15) is 13.2 Å². The van der Waals surface area contributed by atoms with Gasteiger partial charge >= 0.3 is 0 Å². The average molecular weight is 258 g/mol. The SMILES string of the molecule is Nc1cnccc1C(=O)NCCCS(N)(=O)=O. The van der Waals surface area contributed by atoms with Crippen molar-refractivity contribution < 1.29 is 13.2 Å². The molecule has 1 aromatic heterocycles. The predicted octanol–water partition coefficient (Wildman–Crippen LogP) is -0.928. The monoisotopic (exact) mass is 258 g/mol. The number of sulfonamides is 1. The molecule has 5 N–H and O–H groups in total. The predicted molar refractivity (Wildman–Crippen MR) is 63.6 cm³/mol. The first kappa shape index (κ1) is 13.4. The molecule has 0 radical (unpaired) electrons. The fourth-order valence-electron chi connectivity index (χ4n) is 1.18. The molecule has 0 saturated heterocycles. The van der Waals surface area contributed by atoms with Crippen LogP contribution in [0, 0.1) is 0 Å². The number of nitrogens with one attached hydrogen (secondary N) is 1. The van der Waals surface area contributed by atoms with E-state index in [0.717, 1.165) is 0 Å². The topological polar surface area (TPSA) is 128 Å². The number of nitrogen functional groups attached to an aromatic ring is 1. The number of aromatic nitrogens is 1. The molecule has 0 aliphatic heterocycles. The Bertz CT molecular complexity index is 501. The van der Waals surface area contributed by atoms with Crippen LogP contribution in [0.5, 0.6) is 0 Å². The van der Waals surface area contributed by atoms with Gasteiger partial charge in [0.25, 0.3) is 5.91 Å². The minimum Gasteiger partial charge on any atom is -0.397 e. The molecule has 0 aliphatic rings. The number of nitrogens with zero attached hydrogens (tertiary/aromatic N) is 1. The number of rotatable bonds is 5. The first-order valence-corrected chi connectivity index (χ1v) is 6.60. The van der Waals surface area contributed by atoms with E-state index in [4.69, 9.17) is 10.9 Å². The summed E-state index contributed by atoms with van der Waals surface area (Å²) in [4.78, 5) is 15.3. The summed E-state index contributed by atoms with van der Waals surface area (Å²) in [5.41, 5.74) is 6.15. The fourth-order valence-corrected chi connectivity index (χ4v) is 1.73. The average Bonchev–Trinajstić information content (AvgIpc) is 2.23. The van der Waals surface area contributed by atoms with Gasteiger partial charge in [-0.3, -0.25) is 9.78 Å². The largest absolute Gasteiger partial charge is 0.397 e. The van der Waals surface area contributed by atoms with Gasteiger partial charge in [-0.05, 0) is 12.5 Å². The van der Waals surface area contributed by atoms with Gasteiger partial charge in [-0.25, -0.2) is 13.6 Å². The van der Waals surface area contributed by atoms with Crippen LogP contribution in [0.4, 0.5) is 5.69 Å². The molecule has 0 bridgehead atoms. The molecule has 0 saturated carbocycles. The molecule has 7 nitrogen and oxygen atoms in total. The van der Waals surface area contributed by atoms with Gasteiger partial charge in [-0.15, -0.1) is 0 Å². The van der Waals surface area contributed by atoms with Crippen LogP contribution in [0.1, 0.15) is 16.8 Å². The van der Waals surface area contributed by atoms with Gasteiger partial charge < -0.3 is 11.1 Å². The maximum Gasteiger partial charge on any atom is 0.253 e. The molecular formula is C9H14N4O3S. The molecular weight excluding hydrogens is 244 g/mol. The zero-order chi connectivity index (χ0) is 12.9.